The molecule has 0 aliphatic rings. The number of carbonyl (C=O) groups excluding carboxylic acids is 2. The van der Waals surface area contributed by atoms with Gasteiger partial charge in [0.2, 0.25) is 5.91 Å². The van der Waals surface area contributed by atoms with E-state index in [1.54, 1.807) is 55.6 Å². The van der Waals surface area contributed by atoms with E-state index in [0.717, 1.165) is 5.56 Å². The number of hydrogen-bond acceptors (Lipinski definition) is 3. The summed E-state index contributed by atoms with van der Waals surface area (Å²) in [5, 5.41) is 2.70. The molecule has 0 aliphatic heterocycles. The van der Waals surface area contributed by atoms with Crippen molar-refractivity contribution in [3.05, 3.63) is 65.7 Å². The van der Waals surface area contributed by atoms with Crippen LogP contribution in [0.2, 0.25) is 0 Å². The molecule has 0 saturated carbocycles. The number of amides is 1. The minimum atomic E-state index is -0.698. The summed E-state index contributed by atoms with van der Waals surface area (Å²) < 4.78 is 5.10. The van der Waals surface area contributed by atoms with Crippen molar-refractivity contribution in [1.29, 1.82) is 0 Å². The van der Waals surface area contributed by atoms with Crippen LogP contribution in [0.5, 0.6) is 5.75 Å². The standard InChI is InChI=1S/C17H17NO3/c1-12(19)18-16(13-8-10-15(21-2)11-9-13)17(20)14-6-4-3-5-7-14/h3-11,16H,1-2H3,(H,18,19). The van der Waals surface area contributed by atoms with Crippen LogP contribution in [0.15, 0.2) is 54.6 Å². The molecule has 0 heterocycles. The fourth-order valence-corrected chi connectivity index (χ4v) is 2.07. The second-order valence-corrected chi connectivity index (χ2v) is 4.64. The molecule has 1 amide bonds. The summed E-state index contributed by atoms with van der Waals surface area (Å²) in [4.78, 5) is 24.0. The Kier molecular flexibility index (Phi) is 4.72. The van der Waals surface area contributed by atoms with Crippen molar-refractivity contribution < 1.29 is 14.3 Å². The van der Waals surface area contributed by atoms with E-state index in [-0.39, 0.29) is 11.7 Å². The lowest BCUT2D eigenvalue weighted by Gasteiger charge is -2.17. The summed E-state index contributed by atoms with van der Waals surface area (Å²) in [5.41, 5.74) is 1.28. The van der Waals surface area contributed by atoms with Gasteiger partial charge in [-0.3, -0.25) is 9.59 Å². The monoisotopic (exact) mass is 283 g/mol. The molecule has 4 nitrogen and oxygen atoms in total. The number of Topliss-reactive ketones (excluding diaryl/α,β-unsaturated/α-hetero) is 1. The van der Waals surface area contributed by atoms with Gasteiger partial charge in [-0.1, -0.05) is 42.5 Å². The first-order chi connectivity index (χ1) is 10.1. The Morgan fingerprint density at radius 2 is 1.62 bits per heavy atom. The fraction of sp³-hybridized carbons (Fsp3) is 0.176. The molecule has 0 spiro atoms. The molecule has 2 aromatic carbocycles. The summed E-state index contributed by atoms with van der Waals surface area (Å²) in [6.45, 7) is 1.40. The van der Waals surface area contributed by atoms with Crippen LogP contribution in [0.4, 0.5) is 0 Å². The molecule has 4 heteroatoms. The Labute approximate surface area is 123 Å². The molecule has 0 aromatic heterocycles. The predicted molar refractivity (Wildman–Crippen MR) is 80.3 cm³/mol. The van der Waals surface area contributed by atoms with Gasteiger partial charge in [-0.2, -0.15) is 0 Å². The fourth-order valence-electron chi connectivity index (χ4n) is 2.07. The highest BCUT2D eigenvalue weighted by molar-refractivity contribution is 6.02. The van der Waals surface area contributed by atoms with E-state index in [1.165, 1.54) is 6.92 Å². The van der Waals surface area contributed by atoms with Crippen molar-refractivity contribution in [1.82, 2.24) is 5.32 Å². The van der Waals surface area contributed by atoms with Crippen LogP contribution in [-0.2, 0) is 4.79 Å². The maximum absolute atomic E-state index is 12.6. The van der Waals surface area contributed by atoms with E-state index in [4.69, 9.17) is 4.74 Å². The van der Waals surface area contributed by atoms with Crippen molar-refractivity contribution in [2.24, 2.45) is 0 Å². The molecular formula is C17H17NO3. The first-order valence-electron chi connectivity index (χ1n) is 6.62. The molecule has 21 heavy (non-hydrogen) atoms. The Morgan fingerprint density at radius 1 is 1.00 bits per heavy atom. The van der Waals surface area contributed by atoms with Crippen molar-refractivity contribution in [3.63, 3.8) is 0 Å². The van der Waals surface area contributed by atoms with Gasteiger partial charge in [-0.05, 0) is 17.7 Å². The van der Waals surface area contributed by atoms with Crippen LogP contribution in [0.3, 0.4) is 0 Å². The van der Waals surface area contributed by atoms with E-state index in [1.807, 2.05) is 6.07 Å². The lowest BCUT2D eigenvalue weighted by atomic mass is 9.97. The third kappa shape index (κ3) is 3.69. The zero-order valence-corrected chi connectivity index (χ0v) is 12.0. The number of nitrogens with one attached hydrogen (secondary N) is 1. The number of ketones is 1. The minimum absolute atomic E-state index is 0.143. The SMILES string of the molecule is COc1ccc(C(NC(C)=O)C(=O)c2ccccc2)cc1. The smallest absolute Gasteiger partial charge is 0.217 e. The molecular weight excluding hydrogens is 266 g/mol. The first kappa shape index (κ1) is 14.8. The van der Waals surface area contributed by atoms with Gasteiger partial charge in [-0.25, -0.2) is 0 Å². The van der Waals surface area contributed by atoms with Crippen molar-refractivity contribution >= 4 is 11.7 Å². The average molecular weight is 283 g/mol. The lowest BCUT2D eigenvalue weighted by molar-refractivity contribution is -0.119. The van der Waals surface area contributed by atoms with Crippen LogP contribution < -0.4 is 10.1 Å². The van der Waals surface area contributed by atoms with Crippen molar-refractivity contribution in [2.45, 2.75) is 13.0 Å². The molecule has 0 bridgehead atoms. The molecule has 108 valence electrons. The third-order valence-electron chi connectivity index (χ3n) is 3.12. The van der Waals surface area contributed by atoms with Gasteiger partial charge >= 0.3 is 0 Å². The Balaban J connectivity index is 2.33. The van der Waals surface area contributed by atoms with Crippen molar-refractivity contribution in [2.75, 3.05) is 7.11 Å². The van der Waals surface area contributed by atoms with Crippen LogP contribution in [0, 0.1) is 0 Å². The molecule has 1 unspecified atom stereocenters. The first-order valence-corrected chi connectivity index (χ1v) is 6.62. The van der Waals surface area contributed by atoms with Crippen LogP contribution in [-0.4, -0.2) is 18.8 Å². The Bertz CT molecular complexity index is 620. The molecule has 2 aromatic rings. The van der Waals surface area contributed by atoms with E-state index in [2.05, 4.69) is 5.32 Å². The Morgan fingerprint density at radius 3 is 2.14 bits per heavy atom. The third-order valence-corrected chi connectivity index (χ3v) is 3.12. The van der Waals surface area contributed by atoms with Gasteiger partial charge in [0, 0.05) is 12.5 Å². The van der Waals surface area contributed by atoms with Gasteiger partial charge in [0.25, 0.3) is 0 Å². The van der Waals surface area contributed by atoms with E-state index >= 15 is 0 Å². The maximum atomic E-state index is 12.6. The minimum Gasteiger partial charge on any atom is -0.497 e. The molecule has 0 fully saturated rings. The molecule has 0 saturated heterocycles. The summed E-state index contributed by atoms with van der Waals surface area (Å²) >= 11 is 0. The van der Waals surface area contributed by atoms with Crippen molar-refractivity contribution in [3.8, 4) is 5.75 Å². The number of methoxy groups -OCH3 is 1. The number of hydrogen-bond donors (Lipinski definition) is 1. The quantitative estimate of drug-likeness (QED) is 0.858. The summed E-state index contributed by atoms with van der Waals surface area (Å²) in [6, 6.07) is 15.3. The highest BCUT2D eigenvalue weighted by Crippen LogP contribution is 2.21. The summed E-state index contributed by atoms with van der Waals surface area (Å²) in [6.07, 6.45) is 0. The normalized spacial score (nSPS) is 11.5. The maximum Gasteiger partial charge on any atom is 0.217 e. The summed E-state index contributed by atoms with van der Waals surface area (Å²) in [7, 11) is 1.58. The average Bonchev–Trinajstić information content (AvgIpc) is 2.53. The zero-order chi connectivity index (χ0) is 15.2. The number of ether oxygens (including phenoxy) is 1. The second-order valence-electron chi connectivity index (χ2n) is 4.64. The zero-order valence-electron chi connectivity index (χ0n) is 12.0. The van der Waals surface area contributed by atoms with E-state index in [9.17, 15) is 9.59 Å². The second kappa shape index (κ2) is 6.70. The topological polar surface area (TPSA) is 55.4 Å². The van der Waals surface area contributed by atoms with Gasteiger partial charge in [-0.15, -0.1) is 0 Å². The van der Waals surface area contributed by atoms with Gasteiger partial charge in [0.1, 0.15) is 11.8 Å². The number of rotatable bonds is 5. The lowest BCUT2D eigenvalue weighted by Crippen LogP contribution is -2.32. The van der Waals surface area contributed by atoms with Crippen LogP contribution in [0.1, 0.15) is 28.9 Å². The summed E-state index contributed by atoms with van der Waals surface area (Å²) in [5.74, 6) is 0.309. The van der Waals surface area contributed by atoms with Crippen LogP contribution >= 0.6 is 0 Å². The molecule has 0 aliphatic carbocycles. The van der Waals surface area contributed by atoms with Crippen LogP contribution in [0.25, 0.3) is 0 Å². The highest BCUT2D eigenvalue weighted by Gasteiger charge is 2.22. The predicted octanol–water partition coefficient (Wildman–Crippen LogP) is 2.76. The molecule has 1 N–H and O–H groups in total. The van der Waals surface area contributed by atoms with Gasteiger partial charge < -0.3 is 10.1 Å². The Hall–Kier alpha value is -2.62. The van der Waals surface area contributed by atoms with E-state index < -0.39 is 6.04 Å². The number of benzene rings is 2. The molecule has 0 radical (unpaired) electrons. The van der Waals surface area contributed by atoms with Gasteiger partial charge in [0.05, 0.1) is 7.11 Å². The van der Waals surface area contributed by atoms with E-state index in [0.29, 0.717) is 11.3 Å². The molecule has 2 rings (SSSR count). The highest BCUT2D eigenvalue weighted by atomic mass is 16.5. The van der Waals surface area contributed by atoms with Gasteiger partial charge in [0.15, 0.2) is 5.78 Å². The molecule has 1 atom stereocenters. The number of carbonyl (C=O) groups is 2. The largest absolute Gasteiger partial charge is 0.497 e.